The predicted octanol–water partition coefficient (Wildman–Crippen LogP) is 2.45. The van der Waals surface area contributed by atoms with Crippen molar-refractivity contribution in [1.29, 1.82) is 0 Å². The highest BCUT2D eigenvalue weighted by molar-refractivity contribution is 5.30. The average molecular weight is 201 g/mol. The number of hydrogen-bond acceptors (Lipinski definition) is 1. The van der Waals surface area contributed by atoms with Gasteiger partial charge in [0.05, 0.1) is 0 Å². The summed E-state index contributed by atoms with van der Waals surface area (Å²) < 4.78 is 37.9. The molecule has 0 bridgehead atoms. The minimum Gasteiger partial charge on any atom is -0.315 e. The summed E-state index contributed by atoms with van der Waals surface area (Å²) in [6.45, 7) is 1.34. The van der Waals surface area contributed by atoms with Crippen LogP contribution in [-0.4, -0.2) is 13.1 Å². The normalized spacial score (nSPS) is 17.1. The van der Waals surface area contributed by atoms with Crippen molar-refractivity contribution in [3.8, 4) is 0 Å². The standard InChI is InChI=1S/C10H10F3N/c11-9-2-1-6(10(12)13)3-8(9)7-4-14-5-7/h1-3,7,10,14H,4-5H2. The summed E-state index contributed by atoms with van der Waals surface area (Å²) in [6.07, 6.45) is -2.53. The Balaban J connectivity index is 2.31. The van der Waals surface area contributed by atoms with Gasteiger partial charge in [-0.2, -0.15) is 0 Å². The van der Waals surface area contributed by atoms with Crippen LogP contribution in [0.3, 0.4) is 0 Å². The van der Waals surface area contributed by atoms with E-state index in [1.807, 2.05) is 0 Å². The molecule has 76 valence electrons. The van der Waals surface area contributed by atoms with Crippen LogP contribution in [0.4, 0.5) is 13.2 Å². The second-order valence-corrected chi connectivity index (χ2v) is 3.44. The summed E-state index contributed by atoms with van der Waals surface area (Å²) in [5, 5.41) is 2.98. The summed E-state index contributed by atoms with van der Waals surface area (Å²) in [7, 11) is 0. The van der Waals surface area contributed by atoms with Crippen LogP contribution in [-0.2, 0) is 0 Å². The molecule has 1 aliphatic heterocycles. The molecule has 0 radical (unpaired) electrons. The lowest BCUT2D eigenvalue weighted by molar-refractivity contribution is 0.151. The first-order chi connectivity index (χ1) is 6.68. The minimum absolute atomic E-state index is 0.0497. The van der Waals surface area contributed by atoms with Crippen LogP contribution < -0.4 is 5.32 Å². The van der Waals surface area contributed by atoms with Crippen molar-refractivity contribution in [2.24, 2.45) is 0 Å². The third-order valence-corrected chi connectivity index (χ3v) is 2.49. The fourth-order valence-corrected chi connectivity index (χ4v) is 1.52. The van der Waals surface area contributed by atoms with Crippen molar-refractivity contribution in [2.75, 3.05) is 13.1 Å². The quantitative estimate of drug-likeness (QED) is 0.775. The smallest absolute Gasteiger partial charge is 0.263 e. The first kappa shape index (κ1) is 9.52. The van der Waals surface area contributed by atoms with Crippen molar-refractivity contribution in [1.82, 2.24) is 5.32 Å². The Labute approximate surface area is 79.9 Å². The molecular weight excluding hydrogens is 191 g/mol. The van der Waals surface area contributed by atoms with Gasteiger partial charge in [-0.25, -0.2) is 13.2 Å². The molecule has 0 amide bonds. The van der Waals surface area contributed by atoms with E-state index in [-0.39, 0.29) is 17.3 Å². The van der Waals surface area contributed by atoms with E-state index in [4.69, 9.17) is 0 Å². The Morgan fingerprint density at radius 2 is 2.00 bits per heavy atom. The van der Waals surface area contributed by atoms with Crippen LogP contribution in [0.15, 0.2) is 18.2 Å². The molecule has 14 heavy (non-hydrogen) atoms. The predicted molar refractivity (Wildman–Crippen MR) is 47.0 cm³/mol. The molecule has 1 heterocycles. The Bertz CT molecular complexity index is 334. The highest BCUT2D eigenvalue weighted by Crippen LogP contribution is 2.27. The molecular formula is C10H10F3N. The largest absolute Gasteiger partial charge is 0.315 e. The van der Waals surface area contributed by atoms with Crippen LogP contribution >= 0.6 is 0 Å². The van der Waals surface area contributed by atoms with Crippen LogP contribution in [0.2, 0.25) is 0 Å². The van der Waals surface area contributed by atoms with Gasteiger partial charge >= 0.3 is 0 Å². The average Bonchev–Trinajstić information content (AvgIpc) is 2.05. The van der Waals surface area contributed by atoms with Crippen molar-refractivity contribution in [3.63, 3.8) is 0 Å². The van der Waals surface area contributed by atoms with Gasteiger partial charge in [0.2, 0.25) is 0 Å². The lowest BCUT2D eigenvalue weighted by Crippen LogP contribution is -2.40. The first-order valence-electron chi connectivity index (χ1n) is 4.46. The SMILES string of the molecule is Fc1ccc(C(F)F)cc1C1CNC1. The maximum Gasteiger partial charge on any atom is 0.263 e. The van der Waals surface area contributed by atoms with E-state index in [1.54, 1.807) is 0 Å². The third-order valence-electron chi connectivity index (χ3n) is 2.49. The molecule has 0 atom stereocenters. The van der Waals surface area contributed by atoms with E-state index in [0.29, 0.717) is 18.7 Å². The van der Waals surface area contributed by atoms with Crippen LogP contribution in [0.1, 0.15) is 23.5 Å². The van der Waals surface area contributed by atoms with Crippen molar-refractivity contribution in [2.45, 2.75) is 12.3 Å². The van der Waals surface area contributed by atoms with E-state index in [2.05, 4.69) is 5.32 Å². The van der Waals surface area contributed by atoms with Crippen LogP contribution in [0.5, 0.6) is 0 Å². The second kappa shape index (κ2) is 3.61. The summed E-state index contributed by atoms with van der Waals surface area (Å²) in [5.41, 5.74) is 0.301. The molecule has 0 aliphatic carbocycles. The van der Waals surface area contributed by atoms with E-state index in [0.717, 1.165) is 12.1 Å². The van der Waals surface area contributed by atoms with Gasteiger partial charge in [-0.05, 0) is 17.7 Å². The fraction of sp³-hybridized carbons (Fsp3) is 0.400. The van der Waals surface area contributed by atoms with E-state index >= 15 is 0 Å². The lowest BCUT2D eigenvalue weighted by atomic mass is 9.92. The summed E-state index contributed by atoms with van der Waals surface area (Å²) in [5.74, 6) is -0.338. The fourth-order valence-electron chi connectivity index (χ4n) is 1.52. The monoisotopic (exact) mass is 201 g/mol. The molecule has 1 saturated heterocycles. The van der Waals surface area contributed by atoms with E-state index in [9.17, 15) is 13.2 Å². The van der Waals surface area contributed by atoms with Crippen molar-refractivity contribution in [3.05, 3.63) is 35.1 Å². The second-order valence-electron chi connectivity index (χ2n) is 3.44. The van der Waals surface area contributed by atoms with E-state index < -0.39 is 6.43 Å². The Morgan fingerprint density at radius 1 is 1.29 bits per heavy atom. The van der Waals surface area contributed by atoms with Gasteiger partial charge in [-0.3, -0.25) is 0 Å². The number of hydrogen-bond donors (Lipinski definition) is 1. The Kier molecular flexibility index (Phi) is 2.46. The summed E-state index contributed by atoms with van der Waals surface area (Å²) in [4.78, 5) is 0. The van der Waals surface area contributed by atoms with Gasteiger partial charge in [0.15, 0.2) is 0 Å². The molecule has 0 aromatic heterocycles. The maximum atomic E-state index is 13.2. The number of nitrogens with one attached hydrogen (secondary N) is 1. The van der Waals surface area contributed by atoms with Crippen molar-refractivity contribution >= 4 is 0 Å². The summed E-state index contributed by atoms with van der Waals surface area (Å²) >= 11 is 0. The van der Waals surface area contributed by atoms with Crippen molar-refractivity contribution < 1.29 is 13.2 Å². The number of halogens is 3. The number of rotatable bonds is 2. The molecule has 1 aliphatic rings. The topological polar surface area (TPSA) is 12.0 Å². The molecule has 1 fully saturated rings. The zero-order chi connectivity index (χ0) is 10.1. The summed E-state index contributed by atoms with van der Waals surface area (Å²) in [6, 6.07) is 3.52. The van der Waals surface area contributed by atoms with Gasteiger partial charge in [0.25, 0.3) is 6.43 Å². The molecule has 1 aromatic carbocycles. The molecule has 0 spiro atoms. The molecule has 0 saturated carbocycles. The lowest BCUT2D eigenvalue weighted by Gasteiger charge is -2.28. The molecule has 4 heteroatoms. The van der Waals surface area contributed by atoms with Gasteiger partial charge in [-0.15, -0.1) is 0 Å². The third kappa shape index (κ3) is 1.62. The minimum atomic E-state index is -2.53. The highest BCUT2D eigenvalue weighted by Gasteiger charge is 2.23. The highest BCUT2D eigenvalue weighted by atomic mass is 19.3. The van der Waals surface area contributed by atoms with Crippen LogP contribution in [0.25, 0.3) is 0 Å². The maximum absolute atomic E-state index is 13.2. The van der Waals surface area contributed by atoms with Gasteiger partial charge in [0.1, 0.15) is 5.82 Å². The number of alkyl halides is 2. The molecule has 1 nitrogen and oxygen atoms in total. The molecule has 0 unspecified atom stereocenters. The van der Waals surface area contributed by atoms with Gasteiger partial charge in [-0.1, -0.05) is 6.07 Å². The van der Waals surface area contributed by atoms with Gasteiger partial charge in [0, 0.05) is 24.6 Å². The zero-order valence-corrected chi connectivity index (χ0v) is 7.43. The Morgan fingerprint density at radius 3 is 2.50 bits per heavy atom. The molecule has 1 aromatic rings. The Hall–Kier alpha value is -1.03. The van der Waals surface area contributed by atoms with Gasteiger partial charge < -0.3 is 5.32 Å². The molecule has 2 rings (SSSR count). The number of benzene rings is 1. The zero-order valence-electron chi connectivity index (χ0n) is 7.43. The first-order valence-corrected chi connectivity index (χ1v) is 4.46. The molecule has 1 N–H and O–H groups in total. The van der Waals surface area contributed by atoms with E-state index in [1.165, 1.54) is 6.07 Å². The van der Waals surface area contributed by atoms with Crippen LogP contribution in [0, 0.1) is 5.82 Å².